The minimum Gasteiger partial charge on any atom is -0.323 e. The molecule has 0 heterocycles. The minimum atomic E-state index is -1.06. The zero-order valence-electron chi connectivity index (χ0n) is 11.3. The van der Waals surface area contributed by atoms with Gasteiger partial charge >= 0.3 is 0 Å². The van der Waals surface area contributed by atoms with Crippen LogP contribution >= 0.6 is 0 Å². The molecule has 0 aliphatic heterocycles. The highest BCUT2D eigenvalue weighted by atomic mass is 32.2. The van der Waals surface area contributed by atoms with E-state index in [1.54, 1.807) is 0 Å². The van der Waals surface area contributed by atoms with Crippen molar-refractivity contribution in [1.82, 2.24) is 0 Å². The Kier molecular flexibility index (Phi) is 4.51. The third-order valence-corrected chi connectivity index (χ3v) is 4.66. The Morgan fingerprint density at radius 2 is 1.68 bits per heavy atom. The van der Waals surface area contributed by atoms with Crippen LogP contribution in [0.3, 0.4) is 0 Å². The molecule has 0 amide bonds. The van der Waals surface area contributed by atoms with Gasteiger partial charge in [-0.3, -0.25) is 4.21 Å². The molecule has 0 saturated carbocycles. The van der Waals surface area contributed by atoms with Crippen molar-refractivity contribution >= 4 is 10.8 Å². The fourth-order valence-electron chi connectivity index (χ4n) is 2.04. The van der Waals surface area contributed by atoms with Gasteiger partial charge < -0.3 is 5.73 Å². The van der Waals surface area contributed by atoms with E-state index in [9.17, 15) is 4.21 Å². The van der Waals surface area contributed by atoms with E-state index >= 15 is 0 Å². The average molecular weight is 273 g/mol. The normalized spacial score (nSPS) is 14.1. The number of aryl methyl sites for hydroxylation is 2. The molecule has 0 aromatic heterocycles. The van der Waals surface area contributed by atoms with Gasteiger partial charge in [-0.2, -0.15) is 0 Å². The summed E-state index contributed by atoms with van der Waals surface area (Å²) in [5, 5.41) is 0. The lowest BCUT2D eigenvalue weighted by atomic mass is 10.0. The first-order valence-corrected chi connectivity index (χ1v) is 7.66. The van der Waals surface area contributed by atoms with Gasteiger partial charge in [-0.15, -0.1) is 0 Å². The maximum atomic E-state index is 12.3. The molecule has 2 unspecified atom stereocenters. The molecule has 100 valence electrons. The predicted molar refractivity (Wildman–Crippen MR) is 80.6 cm³/mol. The Balaban J connectivity index is 2.11. The lowest BCUT2D eigenvalue weighted by Gasteiger charge is -2.14. The van der Waals surface area contributed by atoms with Crippen molar-refractivity contribution in [2.75, 3.05) is 5.75 Å². The van der Waals surface area contributed by atoms with Crippen LogP contribution in [0, 0.1) is 13.8 Å². The molecule has 0 radical (unpaired) electrons. The molecular formula is C16H19NOS. The van der Waals surface area contributed by atoms with Crippen LogP contribution in [0.15, 0.2) is 53.4 Å². The number of benzene rings is 2. The van der Waals surface area contributed by atoms with E-state index in [1.165, 1.54) is 5.56 Å². The van der Waals surface area contributed by atoms with Crippen LogP contribution in [0.25, 0.3) is 0 Å². The van der Waals surface area contributed by atoms with Crippen LogP contribution in [-0.2, 0) is 10.8 Å². The van der Waals surface area contributed by atoms with Gasteiger partial charge in [0.15, 0.2) is 0 Å². The maximum absolute atomic E-state index is 12.3. The molecule has 0 aliphatic rings. The summed E-state index contributed by atoms with van der Waals surface area (Å²) in [4.78, 5) is 0.842. The van der Waals surface area contributed by atoms with Gasteiger partial charge in [-0.25, -0.2) is 0 Å². The highest BCUT2D eigenvalue weighted by molar-refractivity contribution is 7.85. The molecule has 19 heavy (non-hydrogen) atoms. The standard InChI is InChI=1S/C16H19NOS/c1-12-7-9-14(10-8-12)19(18)11-16(17)15-6-4-3-5-13(15)2/h3-10,16H,11,17H2,1-2H3. The third kappa shape index (κ3) is 3.52. The first-order valence-electron chi connectivity index (χ1n) is 6.34. The summed E-state index contributed by atoms with van der Waals surface area (Å²) < 4.78 is 12.3. The SMILES string of the molecule is Cc1ccc(S(=O)CC(N)c2ccccc2C)cc1. The van der Waals surface area contributed by atoms with Crippen molar-refractivity contribution in [3.8, 4) is 0 Å². The second-order valence-electron chi connectivity index (χ2n) is 4.79. The van der Waals surface area contributed by atoms with Gasteiger partial charge in [0.25, 0.3) is 0 Å². The smallest absolute Gasteiger partial charge is 0.0548 e. The van der Waals surface area contributed by atoms with Crippen LogP contribution in [0.2, 0.25) is 0 Å². The Labute approximate surface area is 117 Å². The quantitative estimate of drug-likeness (QED) is 0.930. The number of nitrogens with two attached hydrogens (primary N) is 1. The molecule has 2 aromatic carbocycles. The largest absolute Gasteiger partial charge is 0.323 e. The summed E-state index contributed by atoms with van der Waals surface area (Å²) in [6.45, 7) is 4.05. The number of rotatable bonds is 4. The van der Waals surface area contributed by atoms with Gasteiger partial charge in [-0.1, -0.05) is 42.0 Å². The Morgan fingerprint density at radius 1 is 1.05 bits per heavy atom. The monoisotopic (exact) mass is 273 g/mol. The molecule has 0 saturated heterocycles. The van der Waals surface area contributed by atoms with Crippen molar-refractivity contribution in [2.45, 2.75) is 24.8 Å². The van der Waals surface area contributed by atoms with Gasteiger partial charge in [0.05, 0.1) is 10.8 Å². The van der Waals surface area contributed by atoms with Gasteiger partial charge in [0.1, 0.15) is 0 Å². The molecule has 2 atom stereocenters. The second kappa shape index (κ2) is 6.13. The van der Waals surface area contributed by atoms with Crippen LogP contribution in [0.5, 0.6) is 0 Å². The summed E-state index contributed by atoms with van der Waals surface area (Å²) in [5.41, 5.74) is 9.56. The third-order valence-electron chi connectivity index (χ3n) is 3.20. The van der Waals surface area contributed by atoms with Gasteiger partial charge in [0.2, 0.25) is 0 Å². The Bertz CT molecular complexity index is 578. The molecule has 2 nitrogen and oxygen atoms in total. The highest BCUT2D eigenvalue weighted by Crippen LogP contribution is 2.18. The fourth-order valence-corrected chi connectivity index (χ4v) is 3.18. The summed E-state index contributed by atoms with van der Waals surface area (Å²) in [6.07, 6.45) is 0. The topological polar surface area (TPSA) is 43.1 Å². The molecule has 0 spiro atoms. The second-order valence-corrected chi connectivity index (χ2v) is 6.28. The van der Waals surface area contributed by atoms with Crippen molar-refractivity contribution in [1.29, 1.82) is 0 Å². The summed E-state index contributed by atoms with van der Waals surface area (Å²) in [5.74, 6) is 0.452. The lowest BCUT2D eigenvalue weighted by Crippen LogP contribution is -2.19. The molecule has 0 aliphatic carbocycles. The van der Waals surface area contributed by atoms with Crippen molar-refractivity contribution in [3.05, 3.63) is 65.2 Å². The van der Waals surface area contributed by atoms with Crippen LogP contribution < -0.4 is 5.73 Å². The fraction of sp³-hybridized carbons (Fsp3) is 0.250. The first kappa shape index (κ1) is 14.0. The number of hydrogen-bond acceptors (Lipinski definition) is 2. The van der Waals surface area contributed by atoms with E-state index in [-0.39, 0.29) is 6.04 Å². The van der Waals surface area contributed by atoms with Crippen molar-refractivity contribution in [3.63, 3.8) is 0 Å². The molecule has 0 bridgehead atoms. The highest BCUT2D eigenvalue weighted by Gasteiger charge is 2.13. The first-order chi connectivity index (χ1) is 9.08. The van der Waals surface area contributed by atoms with Gasteiger partial charge in [0, 0.05) is 16.7 Å². The van der Waals surface area contributed by atoms with E-state index in [1.807, 2.05) is 62.4 Å². The zero-order valence-corrected chi connectivity index (χ0v) is 12.1. The number of hydrogen-bond donors (Lipinski definition) is 1. The summed E-state index contributed by atoms with van der Waals surface area (Å²) in [6, 6.07) is 15.6. The molecule has 0 fully saturated rings. The van der Waals surface area contributed by atoms with Crippen LogP contribution in [-0.4, -0.2) is 9.96 Å². The summed E-state index contributed by atoms with van der Waals surface area (Å²) in [7, 11) is -1.06. The summed E-state index contributed by atoms with van der Waals surface area (Å²) >= 11 is 0. The van der Waals surface area contributed by atoms with Crippen molar-refractivity contribution in [2.24, 2.45) is 5.73 Å². The molecule has 2 rings (SSSR count). The molecular weight excluding hydrogens is 254 g/mol. The lowest BCUT2D eigenvalue weighted by molar-refractivity contribution is 0.675. The molecule has 3 heteroatoms. The van der Waals surface area contributed by atoms with Crippen LogP contribution in [0.1, 0.15) is 22.7 Å². The van der Waals surface area contributed by atoms with E-state index in [2.05, 4.69) is 0 Å². The van der Waals surface area contributed by atoms with E-state index in [0.29, 0.717) is 5.75 Å². The average Bonchev–Trinajstić information content (AvgIpc) is 2.39. The van der Waals surface area contributed by atoms with E-state index in [4.69, 9.17) is 5.73 Å². The van der Waals surface area contributed by atoms with E-state index in [0.717, 1.165) is 16.0 Å². The maximum Gasteiger partial charge on any atom is 0.0548 e. The predicted octanol–water partition coefficient (Wildman–Crippen LogP) is 3.11. The van der Waals surface area contributed by atoms with Gasteiger partial charge in [-0.05, 0) is 37.1 Å². The minimum absolute atomic E-state index is 0.191. The zero-order chi connectivity index (χ0) is 13.8. The van der Waals surface area contributed by atoms with Crippen molar-refractivity contribution < 1.29 is 4.21 Å². The Morgan fingerprint density at radius 3 is 2.32 bits per heavy atom. The molecule has 2 aromatic rings. The Hall–Kier alpha value is -1.45. The molecule has 2 N–H and O–H groups in total. The van der Waals surface area contributed by atoms with E-state index < -0.39 is 10.8 Å². The van der Waals surface area contributed by atoms with Crippen LogP contribution in [0.4, 0.5) is 0 Å².